The van der Waals surface area contributed by atoms with E-state index in [4.69, 9.17) is 10.00 Å². The number of nitrogens with zero attached hydrogens (tertiary/aromatic N) is 1. The molecule has 2 aromatic carbocycles. The Bertz CT molecular complexity index is 918. The van der Waals surface area contributed by atoms with E-state index in [9.17, 15) is 14.0 Å². The number of nitriles is 1. The molecule has 29 heavy (non-hydrogen) atoms. The highest BCUT2D eigenvalue weighted by Gasteiger charge is 2.44. The summed E-state index contributed by atoms with van der Waals surface area (Å²) in [5, 5.41) is 11.5. The first kappa shape index (κ1) is 20.9. The number of ether oxygens (including phenoxy) is 1. The van der Waals surface area contributed by atoms with Crippen LogP contribution in [0, 0.1) is 17.1 Å². The Morgan fingerprint density at radius 2 is 1.83 bits per heavy atom. The van der Waals surface area contributed by atoms with Crippen LogP contribution in [0.4, 0.5) is 10.1 Å². The molecule has 0 aromatic heterocycles. The van der Waals surface area contributed by atoms with Crippen molar-refractivity contribution in [2.24, 2.45) is 0 Å². The minimum absolute atomic E-state index is 0.266. The first-order chi connectivity index (χ1) is 14.0. The average Bonchev–Trinajstić information content (AvgIpc) is 3.23. The van der Waals surface area contributed by atoms with Gasteiger partial charge in [-0.2, -0.15) is 5.26 Å². The van der Waals surface area contributed by atoms with Crippen LogP contribution in [0.3, 0.4) is 0 Å². The van der Waals surface area contributed by atoms with Crippen molar-refractivity contribution in [1.82, 2.24) is 0 Å². The van der Waals surface area contributed by atoms with Gasteiger partial charge < -0.3 is 10.1 Å². The maximum Gasteiger partial charge on any atom is 0.317 e. The summed E-state index contributed by atoms with van der Waals surface area (Å²) in [6.07, 6.45) is 2.99. The molecule has 0 unspecified atom stereocenters. The van der Waals surface area contributed by atoms with E-state index in [1.165, 1.54) is 23.9 Å². The fourth-order valence-corrected chi connectivity index (χ4v) is 4.29. The summed E-state index contributed by atoms with van der Waals surface area (Å²) in [5.41, 5.74) is 0.470. The number of benzene rings is 2. The molecule has 5 nitrogen and oxygen atoms in total. The van der Waals surface area contributed by atoms with Crippen LogP contribution in [0.15, 0.2) is 53.4 Å². The number of hydrogen-bond acceptors (Lipinski definition) is 5. The fraction of sp³-hybridized carbons (Fsp3) is 0.318. The van der Waals surface area contributed by atoms with Crippen LogP contribution in [0.25, 0.3) is 0 Å². The molecule has 0 saturated heterocycles. The Balaban J connectivity index is 1.64. The van der Waals surface area contributed by atoms with Gasteiger partial charge in [0.1, 0.15) is 5.82 Å². The second-order valence-corrected chi connectivity index (χ2v) is 7.88. The standard InChI is InChI=1S/C22H21FN2O3S/c23-17-9-7-16(8-10-17)22(11-3-4-12-22)21(27)28-15-20(26)25-18-5-1-2-6-19(18)29-14-13-24/h1-2,5-10H,3-4,11-12,14-15H2,(H,25,26). The summed E-state index contributed by atoms with van der Waals surface area (Å²) in [5.74, 6) is -0.996. The van der Waals surface area contributed by atoms with Gasteiger partial charge in [-0.25, -0.2) is 4.39 Å². The molecule has 3 rings (SSSR count). The van der Waals surface area contributed by atoms with Crippen molar-refractivity contribution in [1.29, 1.82) is 5.26 Å². The number of carbonyl (C=O) groups excluding carboxylic acids is 2. The Morgan fingerprint density at radius 1 is 1.14 bits per heavy atom. The molecule has 1 saturated carbocycles. The van der Waals surface area contributed by atoms with E-state index in [-0.39, 0.29) is 11.6 Å². The number of halogens is 1. The normalized spacial score (nSPS) is 14.8. The second kappa shape index (κ2) is 9.57. The number of nitrogens with one attached hydrogen (secondary N) is 1. The molecule has 0 aliphatic heterocycles. The van der Waals surface area contributed by atoms with Crippen molar-refractivity contribution < 1.29 is 18.7 Å². The topological polar surface area (TPSA) is 79.2 Å². The van der Waals surface area contributed by atoms with Crippen molar-refractivity contribution in [3.8, 4) is 6.07 Å². The van der Waals surface area contributed by atoms with Gasteiger partial charge in [0.25, 0.3) is 5.91 Å². The zero-order valence-electron chi connectivity index (χ0n) is 15.8. The van der Waals surface area contributed by atoms with E-state index in [1.54, 1.807) is 24.3 Å². The number of amides is 1. The van der Waals surface area contributed by atoms with Crippen molar-refractivity contribution >= 4 is 29.3 Å². The van der Waals surface area contributed by atoms with Gasteiger partial charge in [-0.05, 0) is 42.7 Å². The predicted molar refractivity (Wildman–Crippen MR) is 109 cm³/mol. The minimum Gasteiger partial charge on any atom is -0.455 e. The molecule has 0 spiro atoms. The SMILES string of the molecule is N#CCSc1ccccc1NC(=O)COC(=O)C1(c2ccc(F)cc2)CCCC1. The first-order valence-electron chi connectivity index (χ1n) is 9.37. The number of carbonyl (C=O) groups is 2. The largest absolute Gasteiger partial charge is 0.455 e. The molecule has 0 bridgehead atoms. The van der Waals surface area contributed by atoms with Gasteiger partial charge in [0.15, 0.2) is 6.61 Å². The molecule has 0 radical (unpaired) electrons. The lowest BCUT2D eigenvalue weighted by Gasteiger charge is -2.27. The van der Waals surface area contributed by atoms with Crippen LogP contribution in [0.2, 0.25) is 0 Å². The number of para-hydroxylation sites is 1. The van der Waals surface area contributed by atoms with E-state index in [0.29, 0.717) is 18.5 Å². The van der Waals surface area contributed by atoms with E-state index in [2.05, 4.69) is 5.32 Å². The molecule has 2 aromatic rings. The van der Waals surface area contributed by atoms with E-state index < -0.39 is 23.9 Å². The number of anilines is 1. The number of esters is 1. The van der Waals surface area contributed by atoms with Gasteiger partial charge in [-0.3, -0.25) is 9.59 Å². The van der Waals surface area contributed by atoms with E-state index in [0.717, 1.165) is 23.3 Å². The minimum atomic E-state index is -0.825. The third-order valence-electron chi connectivity index (χ3n) is 5.03. The number of thioether (sulfide) groups is 1. The smallest absolute Gasteiger partial charge is 0.317 e. The van der Waals surface area contributed by atoms with E-state index in [1.807, 2.05) is 18.2 Å². The van der Waals surface area contributed by atoms with Crippen LogP contribution in [-0.2, 0) is 19.7 Å². The molecule has 1 aliphatic carbocycles. The number of hydrogen-bond donors (Lipinski definition) is 1. The fourth-order valence-electron chi connectivity index (χ4n) is 3.62. The monoisotopic (exact) mass is 412 g/mol. The van der Waals surface area contributed by atoms with Crippen molar-refractivity contribution in [2.75, 3.05) is 17.7 Å². The average molecular weight is 412 g/mol. The van der Waals surface area contributed by atoms with Gasteiger partial charge in [0.2, 0.25) is 0 Å². The maximum absolute atomic E-state index is 13.3. The van der Waals surface area contributed by atoms with Crippen LogP contribution in [-0.4, -0.2) is 24.2 Å². The summed E-state index contributed by atoms with van der Waals surface area (Å²) in [6, 6.07) is 15.1. The summed E-state index contributed by atoms with van der Waals surface area (Å²) in [6.45, 7) is -0.404. The van der Waals surface area contributed by atoms with Crippen LogP contribution < -0.4 is 5.32 Å². The molecular formula is C22H21FN2O3S. The molecule has 150 valence electrons. The van der Waals surface area contributed by atoms with Gasteiger partial charge in [0.05, 0.1) is 22.9 Å². The lowest BCUT2D eigenvalue weighted by Crippen LogP contribution is -2.36. The zero-order chi connectivity index (χ0) is 20.7. The van der Waals surface area contributed by atoms with Crippen molar-refractivity contribution in [3.63, 3.8) is 0 Å². The third kappa shape index (κ3) is 4.96. The predicted octanol–water partition coefficient (Wildman–Crippen LogP) is 4.44. The first-order valence-corrected chi connectivity index (χ1v) is 10.4. The third-order valence-corrected chi connectivity index (χ3v) is 5.97. The van der Waals surface area contributed by atoms with Crippen LogP contribution in [0.1, 0.15) is 31.2 Å². The van der Waals surface area contributed by atoms with Gasteiger partial charge in [-0.1, -0.05) is 37.1 Å². The highest BCUT2D eigenvalue weighted by molar-refractivity contribution is 7.99. The molecule has 1 N–H and O–H groups in total. The molecule has 0 atom stereocenters. The summed E-state index contributed by atoms with van der Waals surface area (Å²) < 4.78 is 18.6. The van der Waals surface area contributed by atoms with Gasteiger partial charge in [-0.15, -0.1) is 11.8 Å². The Kier molecular flexibility index (Phi) is 6.89. The molecule has 0 heterocycles. The molecular weight excluding hydrogens is 391 g/mol. The summed E-state index contributed by atoms with van der Waals surface area (Å²) in [4.78, 5) is 26.0. The van der Waals surface area contributed by atoms with Crippen molar-refractivity contribution in [2.45, 2.75) is 36.0 Å². The molecule has 7 heteroatoms. The summed E-state index contributed by atoms with van der Waals surface area (Å²) in [7, 11) is 0. The molecule has 1 amide bonds. The van der Waals surface area contributed by atoms with E-state index >= 15 is 0 Å². The van der Waals surface area contributed by atoms with Gasteiger partial charge >= 0.3 is 5.97 Å². The lowest BCUT2D eigenvalue weighted by atomic mass is 9.79. The van der Waals surface area contributed by atoms with Crippen molar-refractivity contribution in [3.05, 3.63) is 59.9 Å². The quantitative estimate of drug-likeness (QED) is 0.537. The molecule has 1 fully saturated rings. The Labute approximate surface area is 173 Å². The zero-order valence-corrected chi connectivity index (χ0v) is 16.6. The maximum atomic E-state index is 13.3. The number of rotatable bonds is 7. The Hall–Kier alpha value is -2.85. The van der Waals surface area contributed by atoms with Gasteiger partial charge in [0, 0.05) is 4.90 Å². The lowest BCUT2D eigenvalue weighted by molar-refractivity contribution is -0.153. The summed E-state index contributed by atoms with van der Waals surface area (Å²) >= 11 is 1.32. The van der Waals surface area contributed by atoms with Crippen LogP contribution in [0.5, 0.6) is 0 Å². The highest BCUT2D eigenvalue weighted by atomic mass is 32.2. The highest BCUT2D eigenvalue weighted by Crippen LogP contribution is 2.42. The second-order valence-electron chi connectivity index (χ2n) is 6.86. The molecule has 1 aliphatic rings. The Morgan fingerprint density at radius 3 is 2.52 bits per heavy atom. The van der Waals surface area contributed by atoms with Crippen LogP contribution >= 0.6 is 11.8 Å².